The van der Waals surface area contributed by atoms with Gasteiger partial charge in [0.2, 0.25) is 11.8 Å². The number of fused-ring (bicyclic) bond motifs is 2. The number of imidazole rings is 1. The lowest BCUT2D eigenvalue weighted by atomic mass is 9.89. The van der Waals surface area contributed by atoms with Crippen molar-refractivity contribution in [3.05, 3.63) is 100.0 Å². The van der Waals surface area contributed by atoms with Gasteiger partial charge >= 0.3 is 0 Å². The van der Waals surface area contributed by atoms with Crippen LogP contribution in [0.15, 0.2) is 67.0 Å². The number of anilines is 3. The summed E-state index contributed by atoms with van der Waals surface area (Å²) >= 11 is 6.46. The molecule has 294 valence electrons. The number of imide groups is 1. The highest BCUT2D eigenvalue weighted by molar-refractivity contribution is 6.31. The molecule has 3 fully saturated rings. The first-order valence-corrected chi connectivity index (χ1v) is 19.9. The molecule has 3 amide bonds. The second-order valence-corrected chi connectivity index (χ2v) is 15.7. The first-order chi connectivity index (χ1) is 27.7. The molecule has 6 heterocycles. The quantitative estimate of drug-likeness (QED) is 0.142. The van der Waals surface area contributed by atoms with Crippen molar-refractivity contribution < 1.29 is 23.5 Å². The second kappa shape index (κ2) is 15.5. The summed E-state index contributed by atoms with van der Waals surface area (Å²) in [5, 5.41) is 13.7. The maximum absolute atomic E-state index is 13.5. The van der Waals surface area contributed by atoms with Crippen molar-refractivity contribution in [2.24, 2.45) is 0 Å². The van der Waals surface area contributed by atoms with Crippen molar-refractivity contribution >= 4 is 52.2 Å². The number of benzene rings is 2. The Morgan fingerprint density at radius 3 is 2.58 bits per heavy atom. The lowest BCUT2D eigenvalue weighted by Crippen LogP contribution is -2.39. The molecule has 3 N–H and O–H groups in total. The van der Waals surface area contributed by atoms with Crippen molar-refractivity contribution in [3.8, 4) is 11.3 Å². The summed E-state index contributed by atoms with van der Waals surface area (Å²) in [4.78, 5) is 51.0. The van der Waals surface area contributed by atoms with Crippen LogP contribution in [0.1, 0.15) is 70.8 Å². The molecular formula is C42H43ClFN9O4. The lowest BCUT2D eigenvalue weighted by molar-refractivity contribution is -0.134. The number of hydrogen-bond acceptors (Lipinski definition) is 10. The molecule has 1 saturated carbocycles. The fourth-order valence-corrected chi connectivity index (χ4v) is 8.47. The van der Waals surface area contributed by atoms with Crippen molar-refractivity contribution in [2.75, 3.05) is 36.9 Å². The largest absolute Gasteiger partial charge is 0.385 e. The molecule has 3 aromatic heterocycles. The van der Waals surface area contributed by atoms with E-state index in [1.165, 1.54) is 16.3 Å². The predicted octanol–water partition coefficient (Wildman–Crippen LogP) is 5.72. The zero-order chi connectivity index (χ0) is 39.2. The molecule has 5 aromatic rings. The van der Waals surface area contributed by atoms with E-state index in [2.05, 4.69) is 55.0 Å². The van der Waals surface area contributed by atoms with Gasteiger partial charge in [-0.25, -0.2) is 13.9 Å². The van der Waals surface area contributed by atoms with Crippen molar-refractivity contribution in [1.82, 2.24) is 35.1 Å². The van der Waals surface area contributed by atoms with Crippen molar-refractivity contribution in [2.45, 2.75) is 75.9 Å². The van der Waals surface area contributed by atoms with Crippen LogP contribution in [0.2, 0.25) is 5.02 Å². The third kappa shape index (κ3) is 7.56. The number of rotatable bonds is 11. The average molecular weight is 792 g/mol. The highest BCUT2D eigenvalue weighted by Gasteiger charge is 2.39. The number of pyridine rings is 1. The number of ether oxygens (including phenoxy) is 1. The van der Waals surface area contributed by atoms with E-state index in [4.69, 9.17) is 26.4 Å². The summed E-state index contributed by atoms with van der Waals surface area (Å²) in [7, 11) is 1.81. The zero-order valence-electron chi connectivity index (χ0n) is 31.5. The van der Waals surface area contributed by atoms with E-state index in [1.807, 2.05) is 36.5 Å². The van der Waals surface area contributed by atoms with Crippen LogP contribution in [0.5, 0.6) is 0 Å². The SMILES string of the molecule is CNc1cc(N2CCc3c(-c4ccc(CN5CCC(OCc6ccc(Cl)c(C7CCC(=O)NC7=O)c6)CC5)cn4)cccc32)nn2c(C(=O)N[C@@H]3C[C@@H]3F)cnc12. The van der Waals surface area contributed by atoms with E-state index in [0.29, 0.717) is 48.9 Å². The van der Waals surface area contributed by atoms with Gasteiger partial charge in [-0.3, -0.25) is 29.6 Å². The van der Waals surface area contributed by atoms with Crippen LogP contribution >= 0.6 is 11.6 Å². The van der Waals surface area contributed by atoms with Gasteiger partial charge in [0, 0.05) is 74.6 Å². The van der Waals surface area contributed by atoms with Crippen LogP contribution in [-0.4, -0.2) is 87.2 Å². The number of alkyl halides is 1. The Bertz CT molecular complexity index is 2360. The Kier molecular flexibility index (Phi) is 10.1. The minimum atomic E-state index is -1.00. The topological polar surface area (TPSA) is 146 Å². The van der Waals surface area contributed by atoms with E-state index in [0.717, 1.165) is 78.2 Å². The Morgan fingerprint density at radius 2 is 1.82 bits per heavy atom. The van der Waals surface area contributed by atoms with Gasteiger partial charge in [-0.15, -0.1) is 5.10 Å². The summed E-state index contributed by atoms with van der Waals surface area (Å²) in [6, 6.07) is 17.6. The van der Waals surface area contributed by atoms with Crippen molar-refractivity contribution in [1.29, 1.82) is 0 Å². The molecule has 2 saturated heterocycles. The molecular weight excluding hydrogens is 749 g/mol. The first kappa shape index (κ1) is 37.2. The van der Waals surface area contributed by atoms with Crippen LogP contribution in [0, 0.1) is 0 Å². The third-order valence-corrected chi connectivity index (χ3v) is 11.8. The monoisotopic (exact) mass is 791 g/mol. The number of halogens is 2. The van der Waals surface area contributed by atoms with Gasteiger partial charge in [-0.1, -0.05) is 41.9 Å². The third-order valence-electron chi connectivity index (χ3n) is 11.5. The summed E-state index contributed by atoms with van der Waals surface area (Å²) in [5.74, 6) is -0.696. The van der Waals surface area contributed by atoms with Gasteiger partial charge in [-0.2, -0.15) is 0 Å². The van der Waals surface area contributed by atoms with Gasteiger partial charge in [0.25, 0.3) is 5.91 Å². The number of likely N-dealkylation sites (tertiary alicyclic amines) is 1. The Labute approximate surface area is 333 Å². The highest BCUT2D eigenvalue weighted by Crippen LogP contribution is 2.40. The average Bonchev–Trinajstić information content (AvgIpc) is 3.54. The molecule has 1 aliphatic carbocycles. The Morgan fingerprint density at radius 1 is 1.00 bits per heavy atom. The summed E-state index contributed by atoms with van der Waals surface area (Å²) < 4.78 is 21.4. The number of carbonyl (C=O) groups is 3. The van der Waals surface area contributed by atoms with Crippen LogP contribution in [0.4, 0.5) is 21.6 Å². The maximum atomic E-state index is 13.5. The smallest absolute Gasteiger partial charge is 0.271 e. The van der Waals surface area contributed by atoms with Crippen molar-refractivity contribution in [3.63, 3.8) is 0 Å². The molecule has 13 nitrogen and oxygen atoms in total. The number of carbonyl (C=O) groups excluding carboxylic acids is 3. The molecule has 0 radical (unpaired) electrons. The normalized spacial score (nSPS) is 21.1. The van der Waals surface area contributed by atoms with E-state index in [1.54, 1.807) is 7.05 Å². The molecule has 2 aromatic carbocycles. The Hall–Kier alpha value is -5.44. The van der Waals surface area contributed by atoms with E-state index >= 15 is 0 Å². The highest BCUT2D eigenvalue weighted by atomic mass is 35.5. The number of piperidine rings is 2. The lowest BCUT2D eigenvalue weighted by Gasteiger charge is -2.32. The first-order valence-electron chi connectivity index (χ1n) is 19.5. The molecule has 0 spiro atoms. The van der Waals surface area contributed by atoms with Gasteiger partial charge in [-0.05, 0) is 66.1 Å². The second-order valence-electron chi connectivity index (χ2n) is 15.3. The van der Waals surface area contributed by atoms with E-state index < -0.39 is 24.0 Å². The van der Waals surface area contributed by atoms with Gasteiger partial charge < -0.3 is 20.3 Å². The number of aromatic nitrogens is 4. The van der Waals surface area contributed by atoms with Gasteiger partial charge in [0.1, 0.15) is 6.17 Å². The summed E-state index contributed by atoms with van der Waals surface area (Å²) in [5.41, 5.74) is 8.57. The van der Waals surface area contributed by atoms with Crippen LogP contribution < -0.4 is 20.9 Å². The minimum Gasteiger partial charge on any atom is -0.385 e. The number of hydrogen-bond donors (Lipinski definition) is 3. The van der Waals surface area contributed by atoms with Crippen LogP contribution in [0.25, 0.3) is 16.9 Å². The summed E-state index contributed by atoms with van der Waals surface area (Å²) in [6.45, 7) is 3.77. The number of nitrogens with one attached hydrogen (secondary N) is 3. The maximum Gasteiger partial charge on any atom is 0.271 e. The van der Waals surface area contributed by atoms with Gasteiger partial charge in [0.05, 0.1) is 42.2 Å². The Balaban J connectivity index is 0.821. The molecule has 1 unspecified atom stereocenters. The molecule has 0 bridgehead atoms. The van der Waals surface area contributed by atoms with E-state index in [9.17, 15) is 18.8 Å². The number of amides is 3. The zero-order valence-corrected chi connectivity index (χ0v) is 32.3. The fraction of sp³-hybridized carbons (Fsp3) is 0.381. The number of nitrogens with zero attached hydrogens (tertiary/aromatic N) is 6. The molecule has 3 aliphatic heterocycles. The molecule has 57 heavy (non-hydrogen) atoms. The van der Waals surface area contributed by atoms with Gasteiger partial charge in [0.15, 0.2) is 17.2 Å². The standard InChI is InChI=1S/C42H43ClFN9O4/c1-45-35-19-38(50-53-37(21-47-40(35)53)42(56)48-34-18-32(34)44)52-16-13-28-27(3-2-4-36(28)52)33-9-6-25(20-46-33)22-51-14-11-26(12-15-51)57-23-24-5-8-31(43)30(17-24)29-7-10-39(54)49-41(29)55/h2-6,8-9,17,19-21,26,29,32,34,45H,7,10-16,18,22-23H2,1H3,(H,48,56)(H,49,54,55)/t29?,32-,34+/m0/s1. The molecule has 15 heteroatoms. The molecule has 9 rings (SSSR count). The predicted molar refractivity (Wildman–Crippen MR) is 213 cm³/mol. The van der Waals surface area contributed by atoms with Crippen LogP contribution in [0.3, 0.4) is 0 Å². The van der Waals surface area contributed by atoms with Crippen LogP contribution in [-0.2, 0) is 33.9 Å². The fourth-order valence-electron chi connectivity index (χ4n) is 8.22. The summed E-state index contributed by atoms with van der Waals surface area (Å²) in [6.07, 6.45) is 6.31. The van der Waals surface area contributed by atoms with E-state index in [-0.39, 0.29) is 23.6 Å². The molecule has 3 atom stereocenters. The minimum absolute atomic E-state index is 0.137. The molecule has 4 aliphatic rings.